The largest absolute Gasteiger partial charge is 0.362 e. The molecule has 1 aliphatic carbocycles. The van der Waals surface area contributed by atoms with Gasteiger partial charge in [-0.1, -0.05) is 32.0 Å². The van der Waals surface area contributed by atoms with Gasteiger partial charge in [-0.3, -0.25) is 19.7 Å². The summed E-state index contributed by atoms with van der Waals surface area (Å²) in [6.07, 6.45) is 0.961. The number of amides is 1. The van der Waals surface area contributed by atoms with Gasteiger partial charge in [0.2, 0.25) is 0 Å². The Kier molecular flexibility index (Phi) is 5.61. The fraction of sp³-hybridized carbons (Fsp3) is 0.280. The fourth-order valence-corrected chi connectivity index (χ4v) is 4.62. The molecule has 7 nitrogen and oxygen atoms in total. The number of ketones is 1. The van der Waals surface area contributed by atoms with E-state index >= 15 is 0 Å². The number of allylic oxidation sites excluding steroid dienone is 3. The molecule has 1 amide bonds. The van der Waals surface area contributed by atoms with Crippen LogP contribution in [0, 0.1) is 21.3 Å². The molecule has 2 N–H and O–H groups in total. The van der Waals surface area contributed by atoms with Gasteiger partial charge in [-0.05, 0) is 42.5 Å². The van der Waals surface area contributed by atoms with Crippen molar-refractivity contribution in [2.75, 3.05) is 5.32 Å². The number of carbonyl (C=O) groups is 2. The highest BCUT2D eigenvalue weighted by Crippen LogP contribution is 2.46. The summed E-state index contributed by atoms with van der Waals surface area (Å²) in [6, 6.07) is 11.5. The number of halogens is 1. The van der Waals surface area contributed by atoms with Crippen LogP contribution in [0.5, 0.6) is 0 Å². The number of non-ortho nitro benzene ring substituents is 1. The lowest BCUT2D eigenvalue weighted by molar-refractivity contribution is -0.384. The van der Waals surface area contributed by atoms with Gasteiger partial charge < -0.3 is 10.6 Å². The Morgan fingerprint density at radius 1 is 1.18 bits per heavy atom. The molecule has 0 spiro atoms. The lowest BCUT2D eigenvalue weighted by atomic mass is 9.68. The summed E-state index contributed by atoms with van der Waals surface area (Å²) < 4.78 is 13.6. The smallest absolute Gasteiger partial charge is 0.269 e. The number of dihydropyridines is 1. The monoisotopic (exact) mass is 449 g/mol. The molecule has 1 atom stereocenters. The number of rotatable bonds is 4. The molecule has 1 aliphatic heterocycles. The summed E-state index contributed by atoms with van der Waals surface area (Å²) in [6.45, 7) is 5.79. The van der Waals surface area contributed by atoms with Crippen molar-refractivity contribution in [3.8, 4) is 0 Å². The van der Waals surface area contributed by atoms with Crippen molar-refractivity contribution >= 4 is 23.1 Å². The SMILES string of the molecule is CC1=C(C(=O)Nc2cccc(F)c2)C(c2ccc([N+](=O)[O-])cc2)C2=C(CC(C)(C)CC2=O)N1. The first-order valence-corrected chi connectivity index (χ1v) is 10.6. The van der Waals surface area contributed by atoms with Gasteiger partial charge >= 0.3 is 0 Å². The normalized spacial score (nSPS) is 19.6. The van der Waals surface area contributed by atoms with Crippen LogP contribution in [0.1, 0.15) is 45.1 Å². The van der Waals surface area contributed by atoms with Crippen LogP contribution >= 0.6 is 0 Å². The summed E-state index contributed by atoms with van der Waals surface area (Å²) in [5.41, 5.74) is 2.74. The highest BCUT2D eigenvalue weighted by atomic mass is 19.1. The van der Waals surface area contributed by atoms with E-state index in [0.717, 1.165) is 5.70 Å². The van der Waals surface area contributed by atoms with Gasteiger partial charge in [0.25, 0.3) is 11.6 Å². The lowest BCUT2D eigenvalue weighted by Crippen LogP contribution is -2.39. The number of carbonyl (C=O) groups excluding carboxylic acids is 2. The molecule has 170 valence electrons. The van der Waals surface area contributed by atoms with E-state index in [9.17, 15) is 24.1 Å². The average Bonchev–Trinajstić information content (AvgIpc) is 2.71. The molecule has 8 heteroatoms. The predicted molar refractivity (Wildman–Crippen MR) is 122 cm³/mol. The first-order chi connectivity index (χ1) is 15.6. The maximum absolute atomic E-state index is 13.6. The van der Waals surface area contributed by atoms with Crippen molar-refractivity contribution in [2.45, 2.75) is 39.5 Å². The highest BCUT2D eigenvalue weighted by Gasteiger charge is 2.42. The van der Waals surface area contributed by atoms with Crippen molar-refractivity contribution in [1.29, 1.82) is 0 Å². The summed E-state index contributed by atoms with van der Waals surface area (Å²) in [4.78, 5) is 37.3. The molecule has 4 rings (SSSR count). The summed E-state index contributed by atoms with van der Waals surface area (Å²) >= 11 is 0. The maximum atomic E-state index is 13.6. The molecular weight excluding hydrogens is 425 g/mol. The number of nitro benzene ring substituents is 1. The molecule has 2 aliphatic rings. The number of nitrogens with zero attached hydrogens (tertiary/aromatic N) is 1. The van der Waals surface area contributed by atoms with E-state index in [1.54, 1.807) is 25.1 Å². The van der Waals surface area contributed by atoms with Crippen molar-refractivity contribution in [2.24, 2.45) is 5.41 Å². The zero-order valence-corrected chi connectivity index (χ0v) is 18.6. The van der Waals surface area contributed by atoms with Crippen LogP contribution in [-0.4, -0.2) is 16.6 Å². The molecule has 0 aromatic heterocycles. The van der Waals surface area contributed by atoms with Gasteiger partial charge in [0.1, 0.15) is 5.82 Å². The van der Waals surface area contributed by atoms with E-state index < -0.39 is 22.6 Å². The summed E-state index contributed by atoms with van der Waals surface area (Å²) in [5.74, 6) is -1.72. The molecular formula is C25H24FN3O4. The highest BCUT2D eigenvalue weighted by molar-refractivity contribution is 6.09. The standard InChI is InChI=1S/C25H24FN3O4/c1-14-21(24(31)28-17-6-4-5-16(26)11-17)22(15-7-9-18(10-8-15)29(32)33)23-19(27-14)12-25(2,3)13-20(23)30/h4-11,22,27H,12-13H2,1-3H3,(H,28,31). The molecule has 0 bridgehead atoms. The Balaban J connectivity index is 1.81. The number of hydrogen-bond acceptors (Lipinski definition) is 5. The van der Waals surface area contributed by atoms with Gasteiger partial charge in [0.05, 0.1) is 4.92 Å². The van der Waals surface area contributed by atoms with Crippen LogP contribution in [0.3, 0.4) is 0 Å². The van der Waals surface area contributed by atoms with Crippen molar-refractivity contribution in [3.63, 3.8) is 0 Å². The second-order valence-electron chi connectivity index (χ2n) is 9.24. The quantitative estimate of drug-likeness (QED) is 0.507. The van der Waals surface area contributed by atoms with Crippen LogP contribution < -0.4 is 10.6 Å². The molecule has 0 saturated carbocycles. The first kappa shape index (κ1) is 22.4. The van der Waals surface area contributed by atoms with Crippen LogP contribution in [0.15, 0.2) is 71.1 Å². The summed E-state index contributed by atoms with van der Waals surface area (Å²) in [7, 11) is 0. The first-order valence-electron chi connectivity index (χ1n) is 10.6. The summed E-state index contributed by atoms with van der Waals surface area (Å²) in [5, 5.41) is 17.1. The Labute approximate surface area is 190 Å². The average molecular weight is 449 g/mol. The van der Waals surface area contributed by atoms with Crippen LogP contribution in [0.2, 0.25) is 0 Å². The fourth-order valence-electron chi connectivity index (χ4n) is 4.62. The molecule has 2 aromatic rings. The Morgan fingerprint density at radius 2 is 1.88 bits per heavy atom. The van der Waals surface area contributed by atoms with Gasteiger partial charge in [-0.2, -0.15) is 0 Å². The zero-order chi connectivity index (χ0) is 23.9. The molecule has 33 heavy (non-hydrogen) atoms. The number of nitrogens with one attached hydrogen (secondary N) is 2. The van der Waals surface area contributed by atoms with Gasteiger partial charge in [-0.15, -0.1) is 0 Å². The van der Waals surface area contributed by atoms with Crippen LogP contribution in [0.25, 0.3) is 0 Å². The molecule has 2 aromatic carbocycles. The molecule has 0 fully saturated rings. The minimum absolute atomic E-state index is 0.0688. The van der Waals surface area contributed by atoms with Crippen molar-refractivity contribution < 1.29 is 18.9 Å². The van der Waals surface area contributed by atoms with E-state index in [0.29, 0.717) is 40.9 Å². The molecule has 0 radical (unpaired) electrons. The van der Waals surface area contributed by atoms with E-state index in [2.05, 4.69) is 10.6 Å². The maximum Gasteiger partial charge on any atom is 0.269 e. The minimum atomic E-state index is -0.695. The Hall–Kier alpha value is -3.81. The minimum Gasteiger partial charge on any atom is -0.362 e. The predicted octanol–water partition coefficient (Wildman–Crippen LogP) is 4.98. The van der Waals surface area contributed by atoms with Crippen LogP contribution in [0.4, 0.5) is 15.8 Å². The van der Waals surface area contributed by atoms with Gasteiger partial charge in [0.15, 0.2) is 5.78 Å². The Morgan fingerprint density at radius 3 is 2.52 bits per heavy atom. The molecule has 1 heterocycles. The lowest BCUT2D eigenvalue weighted by Gasteiger charge is -2.39. The van der Waals surface area contributed by atoms with Crippen molar-refractivity contribution in [3.05, 3.63) is 92.6 Å². The third kappa shape index (κ3) is 4.41. The van der Waals surface area contributed by atoms with Crippen LogP contribution in [-0.2, 0) is 9.59 Å². The van der Waals surface area contributed by atoms with E-state index in [1.807, 2.05) is 13.8 Å². The Bertz CT molecular complexity index is 1230. The number of nitro groups is 1. The number of Topliss-reactive ketones (excluding diaryl/α,β-unsaturated/α-hetero) is 1. The molecule has 1 unspecified atom stereocenters. The topological polar surface area (TPSA) is 101 Å². The number of benzene rings is 2. The third-order valence-electron chi connectivity index (χ3n) is 6.00. The number of hydrogen-bond donors (Lipinski definition) is 2. The third-order valence-corrected chi connectivity index (χ3v) is 6.00. The van der Waals surface area contributed by atoms with E-state index in [4.69, 9.17) is 0 Å². The van der Waals surface area contributed by atoms with E-state index in [1.165, 1.54) is 30.3 Å². The van der Waals surface area contributed by atoms with Crippen molar-refractivity contribution in [1.82, 2.24) is 5.32 Å². The zero-order valence-electron chi connectivity index (χ0n) is 18.6. The van der Waals surface area contributed by atoms with Gasteiger partial charge in [-0.25, -0.2) is 4.39 Å². The molecule has 0 saturated heterocycles. The van der Waals surface area contributed by atoms with Gasteiger partial charge in [0, 0.05) is 52.7 Å². The second-order valence-corrected chi connectivity index (χ2v) is 9.24. The van der Waals surface area contributed by atoms with E-state index in [-0.39, 0.29) is 16.9 Å². The number of anilines is 1. The second kappa shape index (κ2) is 8.27.